The summed E-state index contributed by atoms with van der Waals surface area (Å²) < 4.78 is 23.8. The molecule has 1 aliphatic carbocycles. The molecular weight excluding hydrogens is 180 g/mol. The van der Waals surface area contributed by atoms with E-state index in [-0.39, 0.29) is 25.2 Å². The lowest BCUT2D eigenvalue weighted by Gasteiger charge is -2.12. The molecule has 0 aromatic rings. The number of hydrogen-bond donors (Lipinski definition) is 2. The molecule has 0 heterocycles. The van der Waals surface area contributed by atoms with Crippen LogP contribution in [0.15, 0.2) is 0 Å². The van der Waals surface area contributed by atoms with Gasteiger partial charge in [-0.2, -0.15) is 0 Å². The second-order valence-electron chi connectivity index (χ2n) is 2.39. The van der Waals surface area contributed by atoms with E-state index in [1.807, 2.05) is 0 Å². The van der Waals surface area contributed by atoms with Crippen molar-refractivity contribution in [3.05, 3.63) is 0 Å². The second-order valence-corrected chi connectivity index (χ2v) is 2.39. The fourth-order valence-electron chi connectivity index (χ4n) is 0.745. The van der Waals surface area contributed by atoms with Crippen molar-refractivity contribution < 1.29 is 18.7 Å². The Balaban J connectivity index is 0.000001000. The molecular formula is C5H8ClF2NO2. The Bertz CT molecular complexity index is 161. The van der Waals surface area contributed by atoms with Gasteiger partial charge in [0.15, 0.2) is 0 Å². The van der Waals surface area contributed by atoms with Crippen LogP contribution in [0.2, 0.25) is 0 Å². The van der Waals surface area contributed by atoms with E-state index in [0.717, 1.165) is 0 Å². The lowest BCUT2D eigenvalue weighted by atomic mass is 10.3. The van der Waals surface area contributed by atoms with E-state index in [2.05, 4.69) is 0 Å². The molecule has 0 atom stereocenters. The number of alkyl halides is 2. The van der Waals surface area contributed by atoms with Crippen LogP contribution in [0.25, 0.3) is 0 Å². The van der Waals surface area contributed by atoms with Gasteiger partial charge in [0.1, 0.15) is 5.54 Å². The zero-order valence-electron chi connectivity index (χ0n) is 5.51. The Morgan fingerprint density at radius 1 is 1.55 bits per heavy atom. The Morgan fingerprint density at radius 3 is 2.09 bits per heavy atom. The van der Waals surface area contributed by atoms with Crippen molar-refractivity contribution in [2.75, 3.05) is 0 Å². The molecule has 1 fully saturated rings. The van der Waals surface area contributed by atoms with Gasteiger partial charge in [-0.25, -0.2) is 13.6 Å². The second kappa shape index (κ2) is 3.21. The van der Waals surface area contributed by atoms with Crippen molar-refractivity contribution in [1.29, 1.82) is 0 Å². The van der Waals surface area contributed by atoms with Crippen molar-refractivity contribution in [2.24, 2.45) is 0 Å². The van der Waals surface area contributed by atoms with E-state index in [9.17, 15) is 13.6 Å². The topological polar surface area (TPSA) is 49.3 Å². The molecule has 1 saturated carbocycles. The maximum Gasteiger partial charge on any atom is 0.405 e. The summed E-state index contributed by atoms with van der Waals surface area (Å²) in [6, 6.07) is 0. The largest absolute Gasteiger partial charge is 0.465 e. The van der Waals surface area contributed by atoms with Crippen molar-refractivity contribution in [1.82, 2.24) is 5.32 Å². The van der Waals surface area contributed by atoms with Crippen molar-refractivity contribution in [3.8, 4) is 0 Å². The first-order chi connectivity index (χ1) is 4.57. The van der Waals surface area contributed by atoms with Gasteiger partial charge in [0.2, 0.25) is 0 Å². The first kappa shape index (κ1) is 10.4. The Labute approximate surface area is 68.2 Å². The van der Waals surface area contributed by atoms with Crippen LogP contribution in [0, 0.1) is 0 Å². The van der Waals surface area contributed by atoms with Crippen LogP contribution in [0.5, 0.6) is 0 Å². The summed E-state index contributed by atoms with van der Waals surface area (Å²) in [6.45, 7) is 0. The average Bonchev–Trinajstić information content (AvgIpc) is 2.46. The molecule has 0 saturated heterocycles. The number of nitrogens with one attached hydrogen (secondary N) is 1. The minimum absolute atomic E-state index is 0. The normalized spacial score (nSPS) is 18.8. The molecule has 3 nitrogen and oxygen atoms in total. The van der Waals surface area contributed by atoms with E-state index in [1.165, 1.54) is 0 Å². The van der Waals surface area contributed by atoms with E-state index < -0.39 is 18.1 Å². The lowest BCUT2D eigenvalue weighted by Crippen LogP contribution is -2.41. The van der Waals surface area contributed by atoms with Crippen LogP contribution in [-0.2, 0) is 0 Å². The maximum absolute atomic E-state index is 11.9. The van der Waals surface area contributed by atoms with Crippen LogP contribution in [0.4, 0.5) is 13.6 Å². The van der Waals surface area contributed by atoms with E-state index in [0.29, 0.717) is 0 Å². The minimum Gasteiger partial charge on any atom is -0.465 e. The van der Waals surface area contributed by atoms with Gasteiger partial charge in [0.25, 0.3) is 6.43 Å². The molecule has 0 aromatic carbocycles. The smallest absolute Gasteiger partial charge is 0.405 e. The number of halogens is 3. The third kappa shape index (κ3) is 2.18. The number of carbonyl (C=O) groups is 1. The first-order valence-electron chi connectivity index (χ1n) is 2.86. The predicted molar refractivity (Wildman–Crippen MR) is 36.4 cm³/mol. The third-order valence-electron chi connectivity index (χ3n) is 1.56. The van der Waals surface area contributed by atoms with Gasteiger partial charge in [-0.15, -0.1) is 12.4 Å². The third-order valence-corrected chi connectivity index (χ3v) is 1.56. The molecule has 0 radical (unpaired) electrons. The van der Waals surface area contributed by atoms with Crippen LogP contribution >= 0.6 is 12.4 Å². The highest BCUT2D eigenvalue weighted by molar-refractivity contribution is 5.85. The summed E-state index contributed by atoms with van der Waals surface area (Å²) in [5.41, 5.74) is -1.41. The summed E-state index contributed by atoms with van der Waals surface area (Å²) in [5, 5.41) is 9.89. The molecule has 0 bridgehead atoms. The fraction of sp³-hybridized carbons (Fsp3) is 0.800. The quantitative estimate of drug-likeness (QED) is 0.688. The maximum atomic E-state index is 11.9. The zero-order chi connectivity index (χ0) is 7.78. The molecule has 11 heavy (non-hydrogen) atoms. The van der Waals surface area contributed by atoms with E-state index >= 15 is 0 Å². The van der Waals surface area contributed by atoms with Gasteiger partial charge in [-0.1, -0.05) is 0 Å². The van der Waals surface area contributed by atoms with E-state index in [1.54, 1.807) is 5.32 Å². The summed E-state index contributed by atoms with van der Waals surface area (Å²) in [5.74, 6) is 0. The van der Waals surface area contributed by atoms with Gasteiger partial charge >= 0.3 is 6.09 Å². The standard InChI is InChI=1S/C5H7F2NO2.ClH/c6-3(7)5(1-2-5)8-4(9)10;/h3,8H,1-2H2,(H,9,10);1H. The first-order valence-corrected chi connectivity index (χ1v) is 2.86. The highest BCUT2D eigenvalue weighted by Crippen LogP contribution is 2.40. The molecule has 0 unspecified atom stereocenters. The minimum atomic E-state index is -2.58. The average molecular weight is 188 g/mol. The molecule has 66 valence electrons. The lowest BCUT2D eigenvalue weighted by molar-refractivity contribution is 0.0829. The Kier molecular flexibility index (Phi) is 3.04. The van der Waals surface area contributed by atoms with Crippen LogP contribution < -0.4 is 5.32 Å². The summed E-state index contributed by atoms with van der Waals surface area (Å²) in [7, 11) is 0. The molecule has 0 aromatic heterocycles. The molecule has 1 rings (SSSR count). The molecule has 2 N–H and O–H groups in total. The van der Waals surface area contributed by atoms with Crippen molar-refractivity contribution in [2.45, 2.75) is 24.8 Å². The monoisotopic (exact) mass is 187 g/mol. The summed E-state index contributed by atoms with van der Waals surface area (Å²) in [4.78, 5) is 9.91. The van der Waals surface area contributed by atoms with Gasteiger partial charge in [0, 0.05) is 0 Å². The summed E-state index contributed by atoms with van der Waals surface area (Å²) in [6.07, 6.45) is -3.46. The van der Waals surface area contributed by atoms with Crippen LogP contribution in [0.1, 0.15) is 12.8 Å². The number of hydrogen-bond acceptors (Lipinski definition) is 1. The SMILES string of the molecule is Cl.O=C(O)NC1(C(F)F)CC1. The van der Waals surface area contributed by atoms with Gasteiger partial charge < -0.3 is 10.4 Å². The number of rotatable bonds is 2. The number of amides is 1. The van der Waals surface area contributed by atoms with Gasteiger partial charge in [-0.05, 0) is 12.8 Å². The van der Waals surface area contributed by atoms with Crippen molar-refractivity contribution in [3.63, 3.8) is 0 Å². The fourth-order valence-corrected chi connectivity index (χ4v) is 0.745. The van der Waals surface area contributed by atoms with Crippen LogP contribution in [0.3, 0.4) is 0 Å². The Hall–Kier alpha value is -0.580. The molecule has 1 amide bonds. The summed E-state index contributed by atoms with van der Waals surface area (Å²) >= 11 is 0. The molecule has 6 heteroatoms. The highest BCUT2D eigenvalue weighted by atomic mass is 35.5. The molecule has 0 spiro atoms. The Morgan fingerprint density at radius 2 is 2.00 bits per heavy atom. The highest BCUT2D eigenvalue weighted by Gasteiger charge is 2.52. The van der Waals surface area contributed by atoms with Crippen LogP contribution in [-0.4, -0.2) is 23.2 Å². The molecule has 0 aliphatic heterocycles. The zero-order valence-corrected chi connectivity index (χ0v) is 6.33. The predicted octanol–water partition coefficient (Wildman–Crippen LogP) is 1.47. The number of carboxylic acid groups (broad SMARTS) is 1. The van der Waals surface area contributed by atoms with Gasteiger partial charge in [0.05, 0.1) is 0 Å². The molecule has 1 aliphatic rings. The van der Waals surface area contributed by atoms with Crippen molar-refractivity contribution >= 4 is 18.5 Å². The van der Waals surface area contributed by atoms with Gasteiger partial charge in [-0.3, -0.25) is 0 Å². The van der Waals surface area contributed by atoms with E-state index in [4.69, 9.17) is 5.11 Å².